The predicted octanol–water partition coefficient (Wildman–Crippen LogP) is 3.12. The number of carbonyl (C=O) groups is 1. The molecule has 0 aliphatic heterocycles. The van der Waals surface area contributed by atoms with Gasteiger partial charge in [0.25, 0.3) is 0 Å². The fraction of sp³-hybridized carbons (Fsp3) is 0.474. The average Bonchev–Trinajstić information content (AvgIpc) is 3.01. The van der Waals surface area contributed by atoms with Crippen LogP contribution in [0.1, 0.15) is 38.8 Å². The van der Waals surface area contributed by atoms with Gasteiger partial charge in [0.15, 0.2) is 0 Å². The molecule has 0 fully saturated rings. The molecule has 2 aromatic rings. The van der Waals surface area contributed by atoms with Crippen molar-refractivity contribution in [3.63, 3.8) is 0 Å². The lowest BCUT2D eigenvalue weighted by molar-refractivity contribution is -0.134. The molecule has 1 aromatic carbocycles. The van der Waals surface area contributed by atoms with Crippen molar-refractivity contribution in [2.45, 2.75) is 45.1 Å². The highest BCUT2D eigenvalue weighted by Crippen LogP contribution is 2.19. The summed E-state index contributed by atoms with van der Waals surface area (Å²) >= 11 is 0. The van der Waals surface area contributed by atoms with Crippen molar-refractivity contribution < 1.29 is 9.18 Å². The molecule has 0 saturated carbocycles. The summed E-state index contributed by atoms with van der Waals surface area (Å²) in [6.07, 6.45) is 3.82. The molecule has 136 valence electrons. The summed E-state index contributed by atoms with van der Waals surface area (Å²) in [5.41, 5.74) is 7.56. The Morgan fingerprint density at radius 1 is 1.28 bits per heavy atom. The van der Waals surface area contributed by atoms with Crippen LogP contribution in [0.25, 0.3) is 11.3 Å². The normalized spacial score (nSPS) is 11.6. The summed E-state index contributed by atoms with van der Waals surface area (Å²) in [7, 11) is 1.79. The Hall–Kier alpha value is -2.21. The number of aromatic amines is 1. The molecular formula is C19H27FN4O. The van der Waals surface area contributed by atoms with Gasteiger partial charge in [-0.15, -0.1) is 0 Å². The molecular weight excluding hydrogens is 319 g/mol. The fourth-order valence-electron chi connectivity index (χ4n) is 2.72. The number of hydrogen-bond donors (Lipinski definition) is 2. The van der Waals surface area contributed by atoms with E-state index in [1.54, 1.807) is 31.9 Å². The molecule has 0 unspecified atom stereocenters. The van der Waals surface area contributed by atoms with Gasteiger partial charge >= 0.3 is 0 Å². The number of nitrogens with two attached hydrogens (primary N) is 1. The largest absolute Gasteiger partial charge is 0.344 e. The molecule has 1 amide bonds. The van der Waals surface area contributed by atoms with E-state index in [1.165, 1.54) is 12.1 Å². The first-order chi connectivity index (χ1) is 11.8. The Morgan fingerprint density at radius 3 is 2.72 bits per heavy atom. The third-order valence-electron chi connectivity index (χ3n) is 4.09. The molecule has 3 N–H and O–H groups in total. The molecule has 6 heteroatoms. The molecule has 1 heterocycles. The van der Waals surface area contributed by atoms with Gasteiger partial charge < -0.3 is 10.6 Å². The fourth-order valence-corrected chi connectivity index (χ4v) is 2.72. The van der Waals surface area contributed by atoms with Crippen LogP contribution in [0.2, 0.25) is 0 Å². The number of nitrogens with one attached hydrogen (secondary N) is 1. The molecule has 2 rings (SSSR count). The summed E-state index contributed by atoms with van der Waals surface area (Å²) in [5, 5.41) is 7.25. The summed E-state index contributed by atoms with van der Waals surface area (Å²) < 4.78 is 13.3. The summed E-state index contributed by atoms with van der Waals surface area (Å²) in [6.45, 7) is 4.15. The molecule has 0 saturated heterocycles. The lowest BCUT2D eigenvalue weighted by Gasteiger charge is -2.25. The van der Waals surface area contributed by atoms with Gasteiger partial charge in [0.1, 0.15) is 5.82 Å². The van der Waals surface area contributed by atoms with Gasteiger partial charge in [-0.25, -0.2) is 4.39 Å². The lowest BCUT2D eigenvalue weighted by Crippen LogP contribution is -2.49. The SMILES string of the molecule is CN(CCCCCc1cc(-c2cccc(F)c2)n[nH]1)C(=O)C(C)(C)N. The number of amides is 1. The van der Waals surface area contributed by atoms with E-state index in [4.69, 9.17) is 5.73 Å². The first-order valence-corrected chi connectivity index (χ1v) is 8.62. The van der Waals surface area contributed by atoms with E-state index in [0.29, 0.717) is 6.54 Å². The minimum atomic E-state index is -0.821. The van der Waals surface area contributed by atoms with Gasteiger partial charge in [-0.3, -0.25) is 9.89 Å². The van der Waals surface area contributed by atoms with E-state index in [2.05, 4.69) is 10.2 Å². The van der Waals surface area contributed by atoms with E-state index in [9.17, 15) is 9.18 Å². The van der Waals surface area contributed by atoms with Crippen molar-refractivity contribution in [2.75, 3.05) is 13.6 Å². The second-order valence-electron chi connectivity index (χ2n) is 7.05. The molecule has 0 bridgehead atoms. The monoisotopic (exact) mass is 346 g/mol. The summed E-state index contributed by atoms with van der Waals surface area (Å²) in [6, 6.07) is 8.38. The van der Waals surface area contributed by atoms with E-state index >= 15 is 0 Å². The van der Waals surface area contributed by atoms with Crippen LogP contribution < -0.4 is 5.73 Å². The zero-order valence-corrected chi connectivity index (χ0v) is 15.2. The second-order valence-corrected chi connectivity index (χ2v) is 7.05. The quantitative estimate of drug-likeness (QED) is 0.721. The van der Waals surface area contributed by atoms with Gasteiger partial charge in [0.2, 0.25) is 5.91 Å². The Bertz CT molecular complexity index is 705. The van der Waals surface area contributed by atoms with Crippen LogP contribution >= 0.6 is 0 Å². The van der Waals surface area contributed by atoms with E-state index < -0.39 is 5.54 Å². The number of benzene rings is 1. The van der Waals surface area contributed by atoms with Crippen LogP contribution in [-0.4, -0.2) is 40.1 Å². The maximum atomic E-state index is 13.3. The molecule has 0 radical (unpaired) electrons. The van der Waals surface area contributed by atoms with Crippen LogP contribution in [-0.2, 0) is 11.2 Å². The average molecular weight is 346 g/mol. The van der Waals surface area contributed by atoms with Crippen LogP contribution in [0.15, 0.2) is 30.3 Å². The number of carbonyl (C=O) groups excluding carboxylic acids is 1. The van der Waals surface area contributed by atoms with E-state index in [-0.39, 0.29) is 11.7 Å². The van der Waals surface area contributed by atoms with Gasteiger partial charge in [0.05, 0.1) is 11.2 Å². The van der Waals surface area contributed by atoms with E-state index in [1.807, 2.05) is 12.1 Å². The van der Waals surface area contributed by atoms with Crippen molar-refractivity contribution >= 4 is 5.91 Å². The Labute approximate surface area is 148 Å². The number of halogens is 1. The highest BCUT2D eigenvalue weighted by atomic mass is 19.1. The molecule has 0 aliphatic rings. The third-order valence-corrected chi connectivity index (χ3v) is 4.09. The summed E-state index contributed by atoms with van der Waals surface area (Å²) in [5.74, 6) is -0.304. The zero-order valence-electron chi connectivity index (χ0n) is 15.2. The summed E-state index contributed by atoms with van der Waals surface area (Å²) in [4.78, 5) is 13.7. The smallest absolute Gasteiger partial charge is 0.241 e. The number of nitrogens with zero attached hydrogens (tertiary/aromatic N) is 2. The predicted molar refractivity (Wildman–Crippen MR) is 97.4 cm³/mol. The van der Waals surface area contributed by atoms with E-state index in [0.717, 1.165) is 42.6 Å². The van der Waals surface area contributed by atoms with Gasteiger partial charge in [-0.1, -0.05) is 18.6 Å². The first-order valence-electron chi connectivity index (χ1n) is 8.62. The van der Waals surface area contributed by atoms with Crippen LogP contribution in [0, 0.1) is 5.82 Å². The van der Waals surface area contributed by atoms with Crippen molar-refractivity contribution in [1.82, 2.24) is 15.1 Å². The maximum Gasteiger partial charge on any atom is 0.241 e. The molecule has 25 heavy (non-hydrogen) atoms. The number of unbranched alkanes of at least 4 members (excludes halogenated alkanes) is 2. The second kappa shape index (κ2) is 8.25. The van der Waals surface area contributed by atoms with Crippen molar-refractivity contribution in [3.05, 3.63) is 41.8 Å². The topological polar surface area (TPSA) is 75.0 Å². The minimum Gasteiger partial charge on any atom is -0.344 e. The van der Waals surface area contributed by atoms with Crippen molar-refractivity contribution in [1.29, 1.82) is 0 Å². The van der Waals surface area contributed by atoms with Gasteiger partial charge in [-0.2, -0.15) is 5.10 Å². The zero-order chi connectivity index (χ0) is 18.4. The highest BCUT2D eigenvalue weighted by Gasteiger charge is 2.24. The molecule has 1 aromatic heterocycles. The standard InChI is InChI=1S/C19H27FN4O/c1-19(2,21)18(25)24(3)11-6-4-5-10-16-13-17(23-22-16)14-8-7-9-15(20)12-14/h7-9,12-13H,4-6,10-11,21H2,1-3H3,(H,22,23). The van der Waals surface area contributed by atoms with Gasteiger partial charge in [0, 0.05) is 24.8 Å². The number of aryl methyl sites for hydroxylation is 1. The first kappa shape index (κ1) is 19.1. The van der Waals surface area contributed by atoms with Crippen molar-refractivity contribution in [2.24, 2.45) is 5.73 Å². The number of likely N-dealkylation sites (N-methyl/N-ethyl adjacent to an activating group) is 1. The molecule has 0 aliphatic carbocycles. The number of hydrogen-bond acceptors (Lipinski definition) is 3. The minimum absolute atomic E-state index is 0.0409. The van der Waals surface area contributed by atoms with Crippen molar-refractivity contribution in [3.8, 4) is 11.3 Å². The van der Waals surface area contributed by atoms with Crippen LogP contribution in [0.4, 0.5) is 4.39 Å². The Kier molecular flexibility index (Phi) is 6.31. The van der Waals surface area contributed by atoms with Crippen LogP contribution in [0.3, 0.4) is 0 Å². The number of rotatable bonds is 8. The Balaban J connectivity index is 1.73. The molecule has 5 nitrogen and oxygen atoms in total. The molecule has 0 atom stereocenters. The molecule has 0 spiro atoms. The number of aromatic nitrogens is 2. The van der Waals surface area contributed by atoms with Crippen LogP contribution in [0.5, 0.6) is 0 Å². The lowest BCUT2D eigenvalue weighted by atomic mass is 10.1. The maximum absolute atomic E-state index is 13.3. The Morgan fingerprint density at radius 2 is 2.04 bits per heavy atom. The highest BCUT2D eigenvalue weighted by molar-refractivity contribution is 5.84. The number of H-pyrrole nitrogens is 1. The third kappa shape index (κ3) is 5.67. The van der Waals surface area contributed by atoms with Gasteiger partial charge in [-0.05, 0) is 51.3 Å².